The molecule has 0 bridgehead atoms. The summed E-state index contributed by atoms with van der Waals surface area (Å²) >= 11 is 5.75. The Bertz CT molecular complexity index is 624. The fraction of sp³-hybridized carbons (Fsp3) is 0.538. The fourth-order valence-corrected chi connectivity index (χ4v) is 3.99. The highest BCUT2D eigenvalue weighted by molar-refractivity contribution is 7.89. The van der Waals surface area contributed by atoms with E-state index >= 15 is 0 Å². The molecule has 0 aliphatic carbocycles. The molecule has 1 atom stereocenters. The van der Waals surface area contributed by atoms with Gasteiger partial charge in [0.05, 0.1) is 5.69 Å². The van der Waals surface area contributed by atoms with E-state index in [1.165, 1.54) is 6.07 Å². The molecule has 1 aliphatic heterocycles. The van der Waals surface area contributed by atoms with Crippen molar-refractivity contribution in [2.75, 3.05) is 31.9 Å². The van der Waals surface area contributed by atoms with Gasteiger partial charge in [-0.1, -0.05) is 18.5 Å². The maximum absolute atomic E-state index is 13.9. The van der Waals surface area contributed by atoms with Crippen molar-refractivity contribution in [3.05, 3.63) is 23.0 Å². The van der Waals surface area contributed by atoms with Crippen LogP contribution in [0, 0.1) is 11.7 Å². The number of likely N-dealkylation sites (tertiary alicyclic amines) is 1. The van der Waals surface area contributed by atoms with E-state index in [1.54, 1.807) is 0 Å². The number of nitrogen functional groups attached to an aromatic ring is 1. The van der Waals surface area contributed by atoms with Crippen molar-refractivity contribution in [3.63, 3.8) is 0 Å². The van der Waals surface area contributed by atoms with E-state index in [0.717, 1.165) is 32.1 Å². The SMILES string of the molecule is CCN1CCC(CNS(=O)(=O)c2cc(Cl)cc(N)c2F)C1. The number of rotatable bonds is 5. The van der Waals surface area contributed by atoms with Crippen LogP contribution in [-0.2, 0) is 10.0 Å². The Labute approximate surface area is 129 Å². The first-order chi connectivity index (χ1) is 9.83. The molecule has 1 aliphatic rings. The van der Waals surface area contributed by atoms with Crippen LogP contribution in [0.2, 0.25) is 5.02 Å². The Balaban J connectivity index is 2.09. The fourth-order valence-electron chi connectivity index (χ4n) is 2.45. The van der Waals surface area contributed by atoms with Crippen molar-refractivity contribution in [3.8, 4) is 0 Å². The molecule has 0 saturated carbocycles. The molecule has 8 heteroatoms. The van der Waals surface area contributed by atoms with Crippen molar-refractivity contribution in [1.82, 2.24) is 9.62 Å². The lowest BCUT2D eigenvalue weighted by Gasteiger charge is -2.14. The topological polar surface area (TPSA) is 75.4 Å². The number of halogens is 2. The Morgan fingerprint density at radius 2 is 2.24 bits per heavy atom. The van der Waals surface area contributed by atoms with Crippen LogP contribution in [0.4, 0.5) is 10.1 Å². The van der Waals surface area contributed by atoms with E-state index in [2.05, 4.69) is 16.5 Å². The Morgan fingerprint density at radius 3 is 2.86 bits per heavy atom. The van der Waals surface area contributed by atoms with Crippen molar-refractivity contribution < 1.29 is 12.8 Å². The zero-order valence-electron chi connectivity index (χ0n) is 11.8. The minimum absolute atomic E-state index is 0.0901. The largest absolute Gasteiger partial charge is 0.396 e. The molecule has 0 amide bonds. The molecule has 1 aromatic rings. The third-order valence-corrected chi connectivity index (χ3v) is 5.34. The molecular weight excluding hydrogens is 317 g/mol. The normalized spacial score (nSPS) is 20.0. The van der Waals surface area contributed by atoms with Crippen molar-refractivity contribution in [2.24, 2.45) is 5.92 Å². The van der Waals surface area contributed by atoms with Crippen LogP contribution in [-0.4, -0.2) is 39.5 Å². The van der Waals surface area contributed by atoms with E-state index < -0.39 is 20.7 Å². The molecule has 3 N–H and O–H groups in total. The van der Waals surface area contributed by atoms with Gasteiger partial charge in [0.1, 0.15) is 4.90 Å². The van der Waals surface area contributed by atoms with E-state index in [1.807, 2.05) is 0 Å². The van der Waals surface area contributed by atoms with Crippen LogP contribution >= 0.6 is 11.6 Å². The quantitative estimate of drug-likeness (QED) is 0.803. The van der Waals surface area contributed by atoms with Gasteiger partial charge in [-0.05, 0) is 37.6 Å². The number of nitrogens with two attached hydrogens (primary N) is 1. The summed E-state index contributed by atoms with van der Waals surface area (Å²) in [6, 6.07) is 2.26. The number of hydrogen-bond acceptors (Lipinski definition) is 4. The minimum Gasteiger partial charge on any atom is -0.396 e. The third-order valence-electron chi connectivity index (χ3n) is 3.70. The molecule has 1 fully saturated rings. The van der Waals surface area contributed by atoms with Gasteiger partial charge in [0.25, 0.3) is 0 Å². The number of anilines is 1. The van der Waals surface area contributed by atoms with Crippen LogP contribution < -0.4 is 10.5 Å². The van der Waals surface area contributed by atoms with Crippen LogP contribution in [0.1, 0.15) is 13.3 Å². The van der Waals surface area contributed by atoms with Crippen molar-refractivity contribution in [2.45, 2.75) is 18.2 Å². The summed E-state index contributed by atoms with van der Waals surface area (Å²) in [5.41, 5.74) is 5.14. The zero-order chi connectivity index (χ0) is 15.6. The molecule has 1 heterocycles. The molecule has 1 saturated heterocycles. The van der Waals surface area contributed by atoms with Gasteiger partial charge in [-0.25, -0.2) is 17.5 Å². The minimum atomic E-state index is -3.96. The zero-order valence-corrected chi connectivity index (χ0v) is 13.3. The van der Waals surface area contributed by atoms with Gasteiger partial charge in [0.15, 0.2) is 5.82 Å². The maximum atomic E-state index is 13.9. The molecule has 1 aromatic carbocycles. The second kappa shape index (κ2) is 6.48. The summed E-state index contributed by atoms with van der Waals surface area (Å²) in [5, 5.41) is 0.0901. The van der Waals surface area contributed by atoms with Gasteiger partial charge < -0.3 is 10.6 Å². The molecule has 2 rings (SSSR count). The lowest BCUT2D eigenvalue weighted by atomic mass is 10.1. The second-order valence-corrected chi connectivity index (χ2v) is 7.38. The predicted octanol–water partition coefficient (Wildman–Crippen LogP) is 1.68. The van der Waals surface area contributed by atoms with Gasteiger partial charge in [-0.3, -0.25) is 0 Å². The predicted molar refractivity (Wildman–Crippen MR) is 81.2 cm³/mol. The van der Waals surface area contributed by atoms with Gasteiger partial charge in [-0.2, -0.15) is 0 Å². The highest BCUT2D eigenvalue weighted by atomic mass is 35.5. The van der Waals surface area contributed by atoms with Gasteiger partial charge in [0, 0.05) is 18.1 Å². The van der Waals surface area contributed by atoms with Crippen molar-refractivity contribution in [1.29, 1.82) is 0 Å². The Kier molecular flexibility index (Phi) is 5.08. The summed E-state index contributed by atoms with van der Waals surface area (Å²) < 4.78 is 40.7. The first kappa shape index (κ1) is 16.5. The van der Waals surface area contributed by atoms with Gasteiger partial charge >= 0.3 is 0 Å². The summed E-state index contributed by atoms with van der Waals surface area (Å²) in [6.07, 6.45) is 0.927. The standard InChI is InChI=1S/C13H19ClFN3O2S/c1-2-18-4-3-9(8-18)7-17-21(19,20)12-6-10(14)5-11(16)13(12)15/h5-6,9,17H,2-4,7-8,16H2,1H3. The van der Waals surface area contributed by atoms with Crippen LogP contribution in [0.5, 0.6) is 0 Å². The molecule has 1 unspecified atom stereocenters. The van der Waals surface area contributed by atoms with E-state index in [0.29, 0.717) is 0 Å². The van der Waals surface area contributed by atoms with Crippen LogP contribution in [0.25, 0.3) is 0 Å². The molecule has 0 radical (unpaired) electrons. The number of sulfonamides is 1. The maximum Gasteiger partial charge on any atom is 0.243 e. The summed E-state index contributed by atoms with van der Waals surface area (Å²) in [6.45, 7) is 5.10. The van der Waals surface area contributed by atoms with Crippen LogP contribution in [0.3, 0.4) is 0 Å². The average molecular weight is 336 g/mol. The van der Waals surface area contributed by atoms with Gasteiger partial charge in [-0.15, -0.1) is 0 Å². The molecular formula is C13H19ClFN3O2S. The number of benzene rings is 1. The molecule has 0 spiro atoms. The first-order valence-corrected chi connectivity index (χ1v) is 8.66. The first-order valence-electron chi connectivity index (χ1n) is 6.80. The Hall–Kier alpha value is -0.890. The Morgan fingerprint density at radius 1 is 1.52 bits per heavy atom. The molecule has 118 valence electrons. The van der Waals surface area contributed by atoms with E-state index in [-0.39, 0.29) is 23.2 Å². The lowest BCUT2D eigenvalue weighted by Crippen LogP contribution is -2.31. The third kappa shape index (κ3) is 3.85. The number of nitrogens with one attached hydrogen (secondary N) is 1. The van der Waals surface area contributed by atoms with Crippen LogP contribution in [0.15, 0.2) is 17.0 Å². The summed E-state index contributed by atoms with van der Waals surface area (Å²) in [4.78, 5) is 1.74. The van der Waals surface area contributed by atoms with Gasteiger partial charge in [0.2, 0.25) is 10.0 Å². The number of nitrogens with zero attached hydrogens (tertiary/aromatic N) is 1. The summed E-state index contributed by atoms with van der Waals surface area (Å²) in [7, 11) is -3.96. The number of hydrogen-bond donors (Lipinski definition) is 2. The lowest BCUT2D eigenvalue weighted by molar-refractivity contribution is 0.342. The van der Waals surface area contributed by atoms with Crippen molar-refractivity contribution >= 4 is 27.3 Å². The second-order valence-electron chi connectivity index (χ2n) is 5.21. The monoisotopic (exact) mass is 335 g/mol. The molecule has 0 aromatic heterocycles. The smallest absolute Gasteiger partial charge is 0.243 e. The molecule has 21 heavy (non-hydrogen) atoms. The van der Waals surface area contributed by atoms with E-state index in [9.17, 15) is 12.8 Å². The highest BCUT2D eigenvalue weighted by Gasteiger charge is 2.26. The average Bonchev–Trinajstić information content (AvgIpc) is 2.88. The molecule has 5 nitrogen and oxygen atoms in total. The highest BCUT2D eigenvalue weighted by Crippen LogP contribution is 2.25. The summed E-state index contributed by atoms with van der Waals surface area (Å²) in [5.74, 6) is -0.729. The van der Waals surface area contributed by atoms with E-state index in [4.69, 9.17) is 17.3 Å².